The maximum absolute atomic E-state index is 13.3. The zero-order chi connectivity index (χ0) is 18.7. The zero-order valence-electron chi connectivity index (χ0n) is 12.8. The molecule has 0 amide bonds. The number of thiazole rings is 1. The SMILES string of the molecule is N#Cc1cc(S(=O)(=O)Nc2cscn2)ccc1Oc1ccc(F)c(F)c1. The van der Waals surface area contributed by atoms with Crippen molar-refractivity contribution in [1.82, 2.24) is 4.98 Å². The molecule has 1 N–H and O–H groups in total. The summed E-state index contributed by atoms with van der Waals surface area (Å²) in [5.41, 5.74) is 1.38. The second kappa shape index (κ2) is 7.07. The standard InChI is InChI=1S/C16H9F2N3O3S2/c17-13-3-1-11(6-14(13)18)24-15-4-2-12(5-10(15)7-19)26(22,23)21-16-8-25-9-20-16/h1-6,8-9,21H. The lowest BCUT2D eigenvalue weighted by atomic mass is 10.2. The number of halogens is 2. The molecule has 10 heteroatoms. The number of hydrogen-bond donors (Lipinski definition) is 1. The third kappa shape index (κ3) is 3.79. The third-order valence-corrected chi connectivity index (χ3v) is 5.11. The van der Waals surface area contributed by atoms with Crippen molar-refractivity contribution in [1.29, 1.82) is 5.26 Å². The number of hydrogen-bond acceptors (Lipinski definition) is 6. The third-order valence-electron chi connectivity index (χ3n) is 3.17. The fraction of sp³-hybridized carbons (Fsp3) is 0. The Morgan fingerprint density at radius 2 is 1.96 bits per heavy atom. The van der Waals surface area contributed by atoms with Crippen LogP contribution in [-0.2, 0) is 10.0 Å². The lowest BCUT2D eigenvalue weighted by Gasteiger charge is -2.10. The molecule has 3 rings (SSSR count). The summed E-state index contributed by atoms with van der Waals surface area (Å²) in [6, 6.07) is 8.31. The van der Waals surface area contributed by atoms with Gasteiger partial charge in [0.2, 0.25) is 0 Å². The quantitative estimate of drug-likeness (QED) is 0.710. The van der Waals surface area contributed by atoms with E-state index < -0.39 is 21.7 Å². The molecule has 0 bridgehead atoms. The molecule has 0 saturated carbocycles. The average molecular weight is 393 g/mol. The Morgan fingerprint density at radius 3 is 2.62 bits per heavy atom. The Balaban J connectivity index is 1.90. The van der Waals surface area contributed by atoms with E-state index in [9.17, 15) is 22.5 Å². The fourth-order valence-corrected chi connectivity index (χ4v) is 3.56. The van der Waals surface area contributed by atoms with E-state index in [1.807, 2.05) is 6.07 Å². The summed E-state index contributed by atoms with van der Waals surface area (Å²) < 4.78 is 58.5. The number of aromatic nitrogens is 1. The van der Waals surface area contributed by atoms with Gasteiger partial charge in [0.15, 0.2) is 17.5 Å². The minimum absolute atomic E-state index is 0.00566. The van der Waals surface area contributed by atoms with Gasteiger partial charge in [-0.3, -0.25) is 4.72 Å². The van der Waals surface area contributed by atoms with Gasteiger partial charge < -0.3 is 4.74 Å². The van der Waals surface area contributed by atoms with Crippen LogP contribution in [0.4, 0.5) is 14.6 Å². The molecule has 0 aliphatic rings. The lowest BCUT2D eigenvalue weighted by Crippen LogP contribution is -2.13. The van der Waals surface area contributed by atoms with E-state index in [4.69, 9.17) is 4.74 Å². The summed E-state index contributed by atoms with van der Waals surface area (Å²) in [6.45, 7) is 0. The highest BCUT2D eigenvalue weighted by Crippen LogP contribution is 2.28. The molecule has 2 aromatic carbocycles. The van der Waals surface area contributed by atoms with E-state index in [-0.39, 0.29) is 27.8 Å². The maximum atomic E-state index is 13.3. The molecule has 0 aliphatic heterocycles. The maximum Gasteiger partial charge on any atom is 0.263 e. The Hall–Kier alpha value is -3.03. The predicted molar refractivity (Wildman–Crippen MR) is 90.5 cm³/mol. The molecule has 132 valence electrons. The van der Waals surface area contributed by atoms with Crippen molar-refractivity contribution in [2.75, 3.05) is 4.72 Å². The van der Waals surface area contributed by atoms with Gasteiger partial charge in [-0.05, 0) is 30.3 Å². The molecule has 26 heavy (non-hydrogen) atoms. The molecule has 6 nitrogen and oxygen atoms in total. The number of nitrogens with one attached hydrogen (secondary N) is 1. The first kappa shape index (κ1) is 17.8. The van der Waals surface area contributed by atoms with E-state index >= 15 is 0 Å². The van der Waals surface area contributed by atoms with Gasteiger partial charge in [-0.1, -0.05) is 0 Å². The van der Waals surface area contributed by atoms with Crippen LogP contribution in [-0.4, -0.2) is 13.4 Å². The second-order valence-corrected chi connectivity index (χ2v) is 7.33. The van der Waals surface area contributed by atoms with Crippen LogP contribution in [0.2, 0.25) is 0 Å². The van der Waals surface area contributed by atoms with Gasteiger partial charge in [-0.15, -0.1) is 11.3 Å². The van der Waals surface area contributed by atoms with E-state index in [2.05, 4.69) is 9.71 Å². The first-order chi connectivity index (χ1) is 12.4. The van der Waals surface area contributed by atoms with Gasteiger partial charge >= 0.3 is 0 Å². The number of nitrogens with zero attached hydrogens (tertiary/aromatic N) is 2. The first-order valence-corrected chi connectivity index (χ1v) is 9.40. The Bertz CT molecular complexity index is 1090. The molecule has 0 fully saturated rings. The summed E-state index contributed by atoms with van der Waals surface area (Å²) in [6.07, 6.45) is 0. The molecule has 0 saturated heterocycles. The largest absolute Gasteiger partial charge is 0.456 e. The topological polar surface area (TPSA) is 92.1 Å². The highest BCUT2D eigenvalue weighted by atomic mass is 32.2. The van der Waals surface area contributed by atoms with Crippen molar-refractivity contribution < 1.29 is 21.9 Å². The number of anilines is 1. The van der Waals surface area contributed by atoms with Crippen LogP contribution in [0.1, 0.15) is 5.56 Å². The molecule has 0 radical (unpaired) electrons. The summed E-state index contributed by atoms with van der Waals surface area (Å²) in [4.78, 5) is 3.66. The van der Waals surface area contributed by atoms with Crippen LogP contribution in [0.3, 0.4) is 0 Å². The van der Waals surface area contributed by atoms with Crippen molar-refractivity contribution in [3.05, 3.63) is 64.5 Å². The summed E-state index contributed by atoms with van der Waals surface area (Å²) in [5.74, 6) is -2.00. The van der Waals surface area contributed by atoms with Crippen molar-refractivity contribution >= 4 is 27.2 Å². The number of ether oxygens (including phenoxy) is 1. The van der Waals surface area contributed by atoms with Gasteiger partial charge in [0.25, 0.3) is 10.0 Å². The van der Waals surface area contributed by atoms with E-state index in [1.54, 1.807) is 0 Å². The minimum Gasteiger partial charge on any atom is -0.456 e. The summed E-state index contributed by atoms with van der Waals surface area (Å²) in [5, 5.41) is 10.8. The Labute approximate surface area is 151 Å². The van der Waals surface area contributed by atoms with Crippen LogP contribution in [0.25, 0.3) is 0 Å². The molecule has 3 aromatic rings. The number of rotatable bonds is 5. The monoisotopic (exact) mass is 393 g/mol. The minimum atomic E-state index is -3.94. The molecule has 1 aromatic heterocycles. The number of benzene rings is 2. The fourth-order valence-electron chi connectivity index (χ4n) is 1.98. The average Bonchev–Trinajstić information content (AvgIpc) is 3.10. The predicted octanol–water partition coefficient (Wildman–Crippen LogP) is 3.89. The van der Waals surface area contributed by atoms with E-state index in [0.717, 1.165) is 18.2 Å². The molecular formula is C16H9F2N3O3S2. The Morgan fingerprint density at radius 1 is 1.15 bits per heavy atom. The van der Waals surface area contributed by atoms with Crippen molar-refractivity contribution in [3.8, 4) is 17.6 Å². The van der Waals surface area contributed by atoms with Crippen LogP contribution in [0.5, 0.6) is 11.5 Å². The number of sulfonamides is 1. The van der Waals surface area contributed by atoms with Gasteiger partial charge in [0.1, 0.15) is 17.6 Å². The van der Waals surface area contributed by atoms with Crippen LogP contribution >= 0.6 is 11.3 Å². The van der Waals surface area contributed by atoms with Crippen molar-refractivity contribution in [3.63, 3.8) is 0 Å². The normalized spacial score (nSPS) is 11.0. The second-order valence-electron chi connectivity index (χ2n) is 4.93. The van der Waals surface area contributed by atoms with Crippen LogP contribution in [0, 0.1) is 23.0 Å². The van der Waals surface area contributed by atoms with Crippen molar-refractivity contribution in [2.24, 2.45) is 0 Å². The summed E-state index contributed by atoms with van der Waals surface area (Å²) >= 11 is 1.22. The van der Waals surface area contributed by atoms with Crippen LogP contribution < -0.4 is 9.46 Å². The van der Waals surface area contributed by atoms with Gasteiger partial charge in [0, 0.05) is 11.4 Å². The van der Waals surface area contributed by atoms with Gasteiger partial charge in [-0.2, -0.15) is 5.26 Å². The molecule has 0 unspecified atom stereocenters. The molecule has 0 atom stereocenters. The Kier molecular flexibility index (Phi) is 4.83. The smallest absolute Gasteiger partial charge is 0.263 e. The van der Waals surface area contributed by atoms with Crippen molar-refractivity contribution in [2.45, 2.75) is 4.90 Å². The van der Waals surface area contributed by atoms with E-state index in [0.29, 0.717) is 0 Å². The van der Waals surface area contributed by atoms with E-state index in [1.165, 1.54) is 40.4 Å². The van der Waals surface area contributed by atoms with Gasteiger partial charge in [0.05, 0.1) is 16.0 Å². The highest BCUT2D eigenvalue weighted by Gasteiger charge is 2.18. The zero-order valence-corrected chi connectivity index (χ0v) is 14.4. The summed E-state index contributed by atoms with van der Waals surface area (Å²) in [7, 11) is -3.94. The number of nitriles is 1. The molecule has 1 heterocycles. The molecule has 0 aliphatic carbocycles. The van der Waals surface area contributed by atoms with Crippen LogP contribution in [0.15, 0.2) is 52.2 Å². The van der Waals surface area contributed by atoms with Gasteiger partial charge in [-0.25, -0.2) is 22.2 Å². The lowest BCUT2D eigenvalue weighted by molar-refractivity contribution is 0.460. The molecular weight excluding hydrogens is 384 g/mol. The highest BCUT2D eigenvalue weighted by molar-refractivity contribution is 7.92. The first-order valence-electron chi connectivity index (χ1n) is 6.97. The molecule has 0 spiro atoms.